The molecule has 0 aromatic carbocycles. The van der Waals surface area contributed by atoms with Crippen LogP contribution in [0.3, 0.4) is 0 Å². The highest BCUT2D eigenvalue weighted by Gasteiger charge is 2.34. The van der Waals surface area contributed by atoms with Gasteiger partial charge in [-0.15, -0.1) is 0 Å². The van der Waals surface area contributed by atoms with Crippen molar-refractivity contribution in [3.63, 3.8) is 0 Å². The van der Waals surface area contributed by atoms with Gasteiger partial charge in [0.15, 0.2) is 0 Å². The fraction of sp³-hybridized carbons (Fsp3) is 0.625. The average molecular weight is 368 g/mol. The predicted octanol–water partition coefficient (Wildman–Crippen LogP) is -1.78. The number of ether oxygens (including phenoxy) is 1. The van der Waals surface area contributed by atoms with Crippen LogP contribution in [0.15, 0.2) is 6.33 Å². The first-order chi connectivity index (χ1) is 8.60. The fourth-order valence-electron chi connectivity index (χ4n) is 1.60. The molecule has 9 nitrogen and oxygen atoms in total. The van der Waals surface area contributed by atoms with E-state index in [-0.39, 0.29) is 12.2 Å². The summed E-state index contributed by atoms with van der Waals surface area (Å²) in [5.41, 5.74) is 2.37. The second-order valence-electron chi connectivity index (χ2n) is 3.70. The Hall–Kier alpha value is -0.980. The van der Waals surface area contributed by atoms with Crippen molar-refractivity contribution in [2.75, 3.05) is 12.0 Å². The number of rotatable bonds is 4. The number of hydrogen-bond donors (Lipinski definition) is 3. The SMILES string of the molecule is N=c1ncn(NC2C[C@H](O)[C@@H](COI)O2)c([O-])n1. The van der Waals surface area contributed by atoms with E-state index in [0.717, 1.165) is 11.0 Å². The average Bonchev–Trinajstić information content (AvgIpc) is 2.64. The summed E-state index contributed by atoms with van der Waals surface area (Å²) in [6.07, 6.45) is -0.166. The summed E-state index contributed by atoms with van der Waals surface area (Å²) in [5, 5.41) is 28.2. The molecule has 18 heavy (non-hydrogen) atoms. The molecule has 100 valence electrons. The van der Waals surface area contributed by atoms with E-state index in [1.807, 2.05) is 0 Å². The summed E-state index contributed by atoms with van der Waals surface area (Å²) in [6.45, 7) is 0.261. The van der Waals surface area contributed by atoms with E-state index >= 15 is 0 Å². The third-order valence-corrected chi connectivity index (χ3v) is 2.80. The second-order valence-corrected chi connectivity index (χ2v) is 4.33. The monoisotopic (exact) mass is 368 g/mol. The van der Waals surface area contributed by atoms with Crippen molar-refractivity contribution in [1.29, 1.82) is 5.41 Å². The fourth-order valence-corrected chi connectivity index (χ4v) is 1.96. The lowest BCUT2D eigenvalue weighted by Crippen LogP contribution is -2.33. The minimum Gasteiger partial charge on any atom is -0.844 e. The van der Waals surface area contributed by atoms with E-state index in [2.05, 4.69) is 15.4 Å². The maximum absolute atomic E-state index is 11.4. The minimum atomic E-state index is -0.663. The Morgan fingerprint density at radius 3 is 3.22 bits per heavy atom. The standard InChI is InChI=1S/C8H12IN5O4/c9-17-2-5-4(15)1-6(18-5)13-14-3-11-7(10)12-8(14)16/h3-6,13,15H,1-2H2,(H2,10,12,16)/p-1/t4-,5+,6?/m0/s1. The zero-order valence-electron chi connectivity index (χ0n) is 9.12. The molecule has 0 spiro atoms. The van der Waals surface area contributed by atoms with Gasteiger partial charge in [-0.2, -0.15) is 0 Å². The number of hydrogen-bond acceptors (Lipinski definition) is 8. The lowest BCUT2D eigenvalue weighted by Gasteiger charge is -2.20. The number of nitrogens with zero attached hydrogens (tertiary/aromatic N) is 3. The van der Waals surface area contributed by atoms with Crippen molar-refractivity contribution in [3.8, 4) is 6.01 Å². The Balaban J connectivity index is 2.00. The largest absolute Gasteiger partial charge is 0.844 e. The Bertz CT molecular complexity index is 469. The first-order valence-electron chi connectivity index (χ1n) is 5.11. The van der Waals surface area contributed by atoms with Crippen molar-refractivity contribution in [3.05, 3.63) is 11.9 Å². The summed E-state index contributed by atoms with van der Waals surface area (Å²) in [7, 11) is 0. The van der Waals surface area contributed by atoms with Crippen LogP contribution in [0.4, 0.5) is 0 Å². The van der Waals surface area contributed by atoms with Crippen LogP contribution in [0.25, 0.3) is 0 Å². The third kappa shape index (κ3) is 3.07. The Kier molecular flexibility index (Phi) is 4.31. The van der Waals surface area contributed by atoms with E-state index in [1.54, 1.807) is 23.0 Å². The van der Waals surface area contributed by atoms with Crippen molar-refractivity contribution in [2.45, 2.75) is 24.9 Å². The second kappa shape index (κ2) is 5.77. The first kappa shape index (κ1) is 13.5. The maximum atomic E-state index is 11.4. The van der Waals surface area contributed by atoms with Gasteiger partial charge in [-0.3, -0.25) is 10.8 Å². The van der Waals surface area contributed by atoms with Crippen LogP contribution >= 0.6 is 23.0 Å². The van der Waals surface area contributed by atoms with Crippen LogP contribution < -0.4 is 16.2 Å². The van der Waals surface area contributed by atoms with Crippen LogP contribution in [0.2, 0.25) is 0 Å². The number of aromatic nitrogens is 3. The van der Waals surface area contributed by atoms with E-state index in [1.165, 1.54) is 0 Å². The number of halogens is 1. The molecule has 3 atom stereocenters. The first-order valence-corrected chi connectivity index (χ1v) is 5.99. The van der Waals surface area contributed by atoms with Gasteiger partial charge in [0.05, 0.1) is 18.7 Å². The van der Waals surface area contributed by atoms with Crippen molar-refractivity contribution >= 4 is 23.0 Å². The quantitative estimate of drug-likeness (QED) is 0.536. The number of nitrogens with one attached hydrogen (secondary N) is 2. The molecule has 1 aliphatic heterocycles. The summed E-state index contributed by atoms with van der Waals surface area (Å²) < 4.78 is 11.3. The number of aliphatic hydroxyl groups excluding tert-OH is 1. The van der Waals surface area contributed by atoms with Gasteiger partial charge in [-0.25, -0.2) is 14.6 Å². The molecule has 2 heterocycles. The molecule has 1 aromatic heterocycles. The minimum absolute atomic E-state index is 0.261. The maximum Gasteiger partial charge on any atom is 0.244 e. The molecule has 1 aromatic rings. The van der Waals surface area contributed by atoms with Crippen LogP contribution in [-0.2, 0) is 7.80 Å². The van der Waals surface area contributed by atoms with Gasteiger partial charge in [0.1, 0.15) is 41.7 Å². The van der Waals surface area contributed by atoms with E-state index < -0.39 is 24.4 Å². The lowest BCUT2D eigenvalue weighted by molar-refractivity contribution is -0.286. The van der Waals surface area contributed by atoms with Crippen LogP contribution in [0.5, 0.6) is 6.01 Å². The van der Waals surface area contributed by atoms with Crippen molar-refractivity contribution < 1.29 is 18.0 Å². The molecule has 1 saturated heterocycles. The molecule has 10 heteroatoms. The van der Waals surface area contributed by atoms with Crippen LogP contribution in [0.1, 0.15) is 6.42 Å². The van der Waals surface area contributed by atoms with Gasteiger partial charge in [0.25, 0.3) is 0 Å². The molecular weight excluding hydrogens is 357 g/mol. The Morgan fingerprint density at radius 1 is 1.78 bits per heavy atom. The normalized spacial score (nSPS) is 27.3. The van der Waals surface area contributed by atoms with Gasteiger partial charge in [-0.05, 0) is 0 Å². The molecule has 1 unspecified atom stereocenters. The van der Waals surface area contributed by atoms with Gasteiger partial charge in [-0.1, -0.05) is 0 Å². The molecule has 0 bridgehead atoms. The molecule has 0 aliphatic carbocycles. The van der Waals surface area contributed by atoms with Gasteiger partial charge < -0.3 is 18.0 Å². The topological polar surface area (TPSA) is 128 Å². The zero-order valence-corrected chi connectivity index (χ0v) is 11.3. The third-order valence-electron chi connectivity index (χ3n) is 2.44. The summed E-state index contributed by atoms with van der Waals surface area (Å²) in [6, 6.07) is -0.651. The molecule has 1 aliphatic rings. The zero-order chi connectivity index (χ0) is 13.1. The summed E-state index contributed by atoms with van der Waals surface area (Å²) >= 11 is 1.72. The van der Waals surface area contributed by atoms with Gasteiger partial charge in [0, 0.05) is 6.42 Å². The van der Waals surface area contributed by atoms with Crippen molar-refractivity contribution in [2.24, 2.45) is 0 Å². The highest BCUT2D eigenvalue weighted by atomic mass is 127. The molecule has 2 rings (SSSR count). The summed E-state index contributed by atoms with van der Waals surface area (Å²) in [4.78, 5) is 6.91. The smallest absolute Gasteiger partial charge is 0.244 e. The summed E-state index contributed by atoms with van der Waals surface area (Å²) in [5.74, 6) is 0. The van der Waals surface area contributed by atoms with Gasteiger partial charge in [0.2, 0.25) is 5.62 Å². The Morgan fingerprint density at radius 2 is 2.56 bits per heavy atom. The highest BCUT2D eigenvalue weighted by Crippen LogP contribution is 2.20. The van der Waals surface area contributed by atoms with Crippen LogP contribution in [-0.4, -0.2) is 44.8 Å². The molecule has 0 radical (unpaired) electrons. The number of aliphatic hydroxyl groups is 1. The lowest BCUT2D eigenvalue weighted by atomic mass is 10.2. The van der Waals surface area contributed by atoms with Crippen molar-refractivity contribution in [1.82, 2.24) is 14.6 Å². The molecular formula is C8H11IN5O4-. The van der Waals surface area contributed by atoms with E-state index in [0.29, 0.717) is 6.42 Å². The molecule has 3 N–H and O–H groups in total. The molecule has 0 amide bonds. The van der Waals surface area contributed by atoms with Crippen LogP contribution in [0, 0.1) is 5.41 Å². The molecule has 1 fully saturated rings. The molecule has 0 saturated carbocycles. The van der Waals surface area contributed by atoms with E-state index in [4.69, 9.17) is 13.2 Å². The highest BCUT2D eigenvalue weighted by molar-refractivity contribution is 14.1. The van der Waals surface area contributed by atoms with E-state index in [9.17, 15) is 10.2 Å². The Labute approximate surface area is 116 Å². The van der Waals surface area contributed by atoms with Gasteiger partial charge >= 0.3 is 0 Å². The predicted molar refractivity (Wildman–Crippen MR) is 63.9 cm³/mol.